The molecule has 0 aliphatic carbocycles. The first-order valence-electron chi connectivity index (χ1n) is 4.53. The van der Waals surface area contributed by atoms with Gasteiger partial charge in [-0.2, -0.15) is 0 Å². The molecule has 72 valence electrons. The number of allylic oxidation sites excluding steroid dienone is 1. The molecule has 0 spiro atoms. The fourth-order valence-electron chi connectivity index (χ4n) is 1.98. The van der Waals surface area contributed by atoms with Crippen molar-refractivity contribution in [3.63, 3.8) is 0 Å². The summed E-state index contributed by atoms with van der Waals surface area (Å²) < 4.78 is 5.50. The van der Waals surface area contributed by atoms with E-state index in [0.29, 0.717) is 6.61 Å². The van der Waals surface area contributed by atoms with Crippen molar-refractivity contribution < 1.29 is 9.53 Å². The second kappa shape index (κ2) is 2.65. The molecule has 0 saturated carbocycles. The lowest BCUT2D eigenvalue weighted by Crippen LogP contribution is -2.31. The summed E-state index contributed by atoms with van der Waals surface area (Å²) in [5.74, 6) is 0.963. The van der Waals surface area contributed by atoms with Gasteiger partial charge in [0.25, 0.3) is 0 Å². The van der Waals surface area contributed by atoms with E-state index in [0.717, 1.165) is 17.9 Å². The van der Waals surface area contributed by atoms with Crippen LogP contribution in [0.15, 0.2) is 11.5 Å². The zero-order valence-electron chi connectivity index (χ0n) is 8.20. The Hall–Kier alpha value is -1.19. The van der Waals surface area contributed by atoms with E-state index in [-0.39, 0.29) is 12.1 Å². The van der Waals surface area contributed by atoms with Gasteiger partial charge in [-0.3, -0.25) is 4.90 Å². The number of likely N-dealkylation sites (N-methyl/N-ethyl adjacent to an activating group) is 2. The van der Waals surface area contributed by atoms with Gasteiger partial charge in [-0.15, -0.1) is 0 Å². The topological polar surface area (TPSA) is 32.8 Å². The largest absolute Gasteiger partial charge is 0.493 e. The number of ether oxygens (including phenoxy) is 1. The minimum absolute atomic E-state index is 0.0641. The van der Waals surface area contributed by atoms with E-state index in [1.54, 1.807) is 16.8 Å². The van der Waals surface area contributed by atoms with Gasteiger partial charge in [-0.1, -0.05) is 6.92 Å². The first kappa shape index (κ1) is 8.41. The molecular formula is C9H14N2O2. The highest BCUT2D eigenvalue weighted by molar-refractivity contribution is 5.80. The highest BCUT2D eigenvalue weighted by atomic mass is 16.5. The lowest BCUT2D eigenvalue weighted by atomic mass is 10.2. The van der Waals surface area contributed by atoms with Crippen molar-refractivity contribution in [3.05, 3.63) is 11.5 Å². The molecule has 0 aromatic carbocycles. The Labute approximate surface area is 77.8 Å². The molecule has 1 atom stereocenters. The highest BCUT2D eigenvalue weighted by Crippen LogP contribution is 2.33. The van der Waals surface area contributed by atoms with E-state index in [4.69, 9.17) is 4.74 Å². The van der Waals surface area contributed by atoms with E-state index in [2.05, 4.69) is 0 Å². The van der Waals surface area contributed by atoms with Crippen molar-refractivity contribution in [1.82, 2.24) is 9.80 Å². The molecule has 0 aromatic rings. The number of fused-ring (bicyclic) bond motifs is 1. The monoisotopic (exact) mass is 182 g/mol. The zero-order chi connectivity index (χ0) is 9.59. The number of nitrogens with zero attached hydrogens (tertiary/aromatic N) is 2. The van der Waals surface area contributed by atoms with Crippen LogP contribution in [-0.2, 0) is 4.74 Å². The first-order valence-corrected chi connectivity index (χ1v) is 4.53. The van der Waals surface area contributed by atoms with E-state index in [1.807, 2.05) is 14.0 Å². The van der Waals surface area contributed by atoms with Gasteiger partial charge in [0.1, 0.15) is 18.4 Å². The third-order valence-electron chi connectivity index (χ3n) is 2.76. The van der Waals surface area contributed by atoms with Crippen LogP contribution in [-0.4, -0.2) is 42.6 Å². The number of hydrogen-bond donors (Lipinski definition) is 0. The predicted octanol–water partition coefficient (Wildman–Crippen LogP) is 1.00. The van der Waals surface area contributed by atoms with Crippen LogP contribution in [0, 0.1) is 0 Å². The third-order valence-corrected chi connectivity index (χ3v) is 2.76. The normalized spacial score (nSPS) is 27.0. The Balaban J connectivity index is 2.39. The number of hydrogen-bond acceptors (Lipinski definition) is 2. The molecule has 0 N–H and O–H groups in total. The molecule has 2 heterocycles. The van der Waals surface area contributed by atoms with Crippen LogP contribution < -0.4 is 0 Å². The van der Waals surface area contributed by atoms with Crippen LogP contribution in [0.2, 0.25) is 0 Å². The van der Waals surface area contributed by atoms with Crippen molar-refractivity contribution in [2.24, 2.45) is 0 Å². The lowest BCUT2D eigenvalue weighted by molar-refractivity contribution is 0.165. The fraction of sp³-hybridized carbons (Fsp3) is 0.667. The summed E-state index contributed by atoms with van der Waals surface area (Å²) in [4.78, 5) is 15.0. The number of amides is 2. The Morgan fingerprint density at radius 3 is 2.85 bits per heavy atom. The summed E-state index contributed by atoms with van der Waals surface area (Å²) >= 11 is 0. The summed E-state index contributed by atoms with van der Waals surface area (Å²) in [6.45, 7) is 2.66. The predicted molar refractivity (Wildman–Crippen MR) is 48.0 cm³/mol. The second-order valence-corrected chi connectivity index (χ2v) is 3.44. The van der Waals surface area contributed by atoms with Gasteiger partial charge in [0.2, 0.25) is 0 Å². The molecule has 0 bridgehead atoms. The van der Waals surface area contributed by atoms with Gasteiger partial charge >= 0.3 is 6.03 Å². The smallest absolute Gasteiger partial charge is 0.324 e. The number of carbonyl (C=O) groups is 1. The van der Waals surface area contributed by atoms with Crippen molar-refractivity contribution >= 4 is 6.03 Å². The molecule has 2 aliphatic rings. The minimum atomic E-state index is 0.0641. The molecule has 1 unspecified atom stereocenters. The van der Waals surface area contributed by atoms with Crippen LogP contribution in [0.5, 0.6) is 0 Å². The molecule has 2 rings (SSSR count). The van der Waals surface area contributed by atoms with E-state index < -0.39 is 0 Å². The molecule has 4 heteroatoms. The van der Waals surface area contributed by atoms with Crippen LogP contribution in [0.3, 0.4) is 0 Å². The Morgan fingerprint density at radius 1 is 1.54 bits per heavy atom. The summed E-state index contributed by atoms with van der Waals surface area (Å²) in [5, 5.41) is 0. The average Bonchev–Trinajstić information content (AvgIpc) is 2.64. The van der Waals surface area contributed by atoms with Crippen LogP contribution in [0.25, 0.3) is 0 Å². The molecule has 2 aliphatic heterocycles. The van der Waals surface area contributed by atoms with Gasteiger partial charge < -0.3 is 9.64 Å². The second-order valence-electron chi connectivity index (χ2n) is 3.44. The molecule has 0 radical (unpaired) electrons. The summed E-state index contributed by atoms with van der Waals surface area (Å²) in [6.07, 6.45) is 0.858. The van der Waals surface area contributed by atoms with E-state index in [9.17, 15) is 4.79 Å². The number of urea groups is 1. The van der Waals surface area contributed by atoms with Gasteiger partial charge in [-0.25, -0.2) is 4.79 Å². The summed E-state index contributed by atoms with van der Waals surface area (Å²) in [6, 6.07) is 0.210. The van der Waals surface area contributed by atoms with Gasteiger partial charge in [0.05, 0.1) is 5.70 Å². The first-order chi connectivity index (χ1) is 6.16. The molecule has 4 nitrogen and oxygen atoms in total. The SMILES string of the molecule is CCC1=C2C(CO1)N(C)C(=O)N2C. The standard InChI is InChI=1S/C9H14N2O2/c1-4-7-8-6(5-13-7)10(2)9(12)11(8)3/h6H,4-5H2,1-3H3. The molecular weight excluding hydrogens is 168 g/mol. The van der Waals surface area contributed by atoms with E-state index in [1.165, 1.54) is 0 Å². The van der Waals surface area contributed by atoms with Crippen molar-refractivity contribution in [1.29, 1.82) is 0 Å². The Morgan fingerprint density at radius 2 is 2.23 bits per heavy atom. The van der Waals surface area contributed by atoms with E-state index >= 15 is 0 Å². The summed E-state index contributed by atoms with van der Waals surface area (Å²) in [7, 11) is 3.62. The Bertz CT molecular complexity index is 285. The van der Waals surface area contributed by atoms with Gasteiger partial charge in [0.15, 0.2) is 0 Å². The number of rotatable bonds is 1. The molecule has 1 saturated heterocycles. The van der Waals surface area contributed by atoms with Crippen molar-refractivity contribution in [2.45, 2.75) is 19.4 Å². The summed E-state index contributed by atoms with van der Waals surface area (Å²) in [5.41, 5.74) is 1.05. The molecule has 2 amide bonds. The molecule has 13 heavy (non-hydrogen) atoms. The van der Waals surface area contributed by atoms with Crippen LogP contribution in [0.4, 0.5) is 4.79 Å². The van der Waals surface area contributed by atoms with Gasteiger partial charge in [-0.05, 0) is 0 Å². The molecule has 1 fully saturated rings. The van der Waals surface area contributed by atoms with Gasteiger partial charge in [0, 0.05) is 20.5 Å². The molecule has 0 aromatic heterocycles. The average molecular weight is 182 g/mol. The maximum atomic E-state index is 11.5. The maximum Gasteiger partial charge on any atom is 0.324 e. The van der Waals surface area contributed by atoms with Crippen molar-refractivity contribution in [2.75, 3.05) is 20.7 Å². The Kier molecular flexibility index (Phi) is 1.71. The van der Waals surface area contributed by atoms with Crippen LogP contribution in [0.1, 0.15) is 13.3 Å². The third kappa shape index (κ3) is 0.944. The van der Waals surface area contributed by atoms with Crippen molar-refractivity contribution in [3.8, 4) is 0 Å². The highest BCUT2D eigenvalue weighted by Gasteiger charge is 2.43. The maximum absolute atomic E-state index is 11.5. The minimum Gasteiger partial charge on any atom is -0.493 e. The quantitative estimate of drug-likeness (QED) is 0.606. The number of carbonyl (C=O) groups excluding carboxylic acids is 1. The van der Waals surface area contributed by atoms with Crippen LogP contribution >= 0.6 is 0 Å². The zero-order valence-corrected chi connectivity index (χ0v) is 8.20. The fourth-order valence-corrected chi connectivity index (χ4v) is 1.98. The lowest BCUT2D eigenvalue weighted by Gasteiger charge is -2.14.